The quantitative estimate of drug-likeness (QED) is 0.615. The topological polar surface area (TPSA) is 101 Å². The summed E-state index contributed by atoms with van der Waals surface area (Å²) in [4.78, 5) is 12.4. The maximum atomic E-state index is 13.2. The summed E-state index contributed by atoms with van der Waals surface area (Å²) in [5, 5.41) is 2.70. The van der Waals surface area contributed by atoms with Gasteiger partial charge in [0.25, 0.3) is 0 Å². The van der Waals surface area contributed by atoms with Gasteiger partial charge in [-0.05, 0) is 42.3 Å². The number of sulfonamides is 1. The number of amides is 1. The number of hydrogen-bond acceptors (Lipinski definition) is 4. The lowest BCUT2D eigenvalue weighted by atomic mass is 10.0. The molecule has 0 aliphatic heterocycles. The van der Waals surface area contributed by atoms with Crippen molar-refractivity contribution >= 4 is 34.0 Å². The van der Waals surface area contributed by atoms with Crippen molar-refractivity contribution < 1.29 is 17.6 Å². The Kier molecular flexibility index (Phi) is 8.84. The van der Waals surface area contributed by atoms with Crippen molar-refractivity contribution in [3.05, 3.63) is 59.9 Å². The molecule has 0 spiro atoms. The first-order valence-corrected chi connectivity index (χ1v) is 9.65. The molecule has 2 rings (SSSR count). The highest BCUT2D eigenvalue weighted by Crippen LogP contribution is 2.17. The van der Waals surface area contributed by atoms with Gasteiger partial charge in [0.05, 0.1) is 4.90 Å². The molecule has 0 radical (unpaired) electrons. The monoisotopic (exact) mass is 415 g/mol. The van der Waals surface area contributed by atoms with Crippen LogP contribution in [0.15, 0.2) is 53.4 Å². The highest BCUT2D eigenvalue weighted by Gasteiger charge is 2.17. The minimum absolute atomic E-state index is 0. The number of carbonyl (C=O) groups is 1. The third-order valence-corrected chi connectivity index (χ3v) is 5.19. The van der Waals surface area contributed by atoms with Crippen LogP contribution in [0.1, 0.15) is 12.5 Å². The maximum absolute atomic E-state index is 13.2. The van der Waals surface area contributed by atoms with E-state index >= 15 is 0 Å². The van der Waals surface area contributed by atoms with Crippen LogP contribution >= 0.6 is 12.4 Å². The van der Waals surface area contributed by atoms with Gasteiger partial charge in [0.1, 0.15) is 5.82 Å². The molecule has 2 aromatic carbocycles. The van der Waals surface area contributed by atoms with E-state index in [0.717, 1.165) is 5.56 Å². The molecule has 0 heterocycles. The number of benzene rings is 2. The molecule has 0 aromatic heterocycles. The molecule has 1 unspecified atom stereocenters. The Bertz CT molecular complexity index is 878. The van der Waals surface area contributed by atoms with Crippen LogP contribution in [0.3, 0.4) is 0 Å². The predicted octanol–water partition coefficient (Wildman–Crippen LogP) is 2.30. The predicted molar refractivity (Wildman–Crippen MR) is 106 cm³/mol. The molecule has 2 aromatic rings. The van der Waals surface area contributed by atoms with Gasteiger partial charge >= 0.3 is 0 Å². The molecule has 0 fully saturated rings. The number of carbonyl (C=O) groups excluding carboxylic acids is 1. The van der Waals surface area contributed by atoms with Crippen LogP contribution in [-0.2, 0) is 21.2 Å². The zero-order valence-corrected chi connectivity index (χ0v) is 16.4. The van der Waals surface area contributed by atoms with E-state index in [1.54, 1.807) is 31.2 Å². The molecule has 148 valence electrons. The third kappa shape index (κ3) is 6.91. The van der Waals surface area contributed by atoms with Gasteiger partial charge in [-0.15, -0.1) is 12.4 Å². The van der Waals surface area contributed by atoms with Crippen LogP contribution in [0.2, 0.25) is 0 Å². The van der Waals surface area contributed by atoms with Gasteiger partial charge in [-0.25, -0.2) is 17.5 Å². The highest BCUT2D eigenvalue weighted by atomic mass is 35.5. The molecular weight excluding hydrogens is 393 g/mol. The minimum Gasteiger partial charge on any atom is -0.329 e. The Labute approximate surface area is 164 Å². The van der Waals surface area contributed by atoms with Crippen LogP contribution in [0.5, 0.6) is 0 Å². The van der Waals surface area contributed by atoms with Crippen molar-refractivity contribution in [1.29, 1.82) is 0 Å². The van der Waals surface area contributed by atoms with E-state index in [1.807, 2.05) is 0 Å². The molecule has 27 heavy (non-hydrogen) atoms. The van der Waals surface area contributed by atoms with E-state index in [9.17, 15) is 17.6 Å². The molecular formula is C18H23ClFN3O3S. The average molecular weight is 416 g/mol. The van der Waals surface area contributed by atoms with Crippen LogP contribution < -0.4 is 15.8 Å². The van der Waals surface area contributed by atoms with Crippen molar-refractivity contribution in [3.8, 4) is 0 Å². The fourth-order valence-electron chi connectivity index (χ4n) is 2.39. The van der Waals surface area contributed by atoms with Gasteiger partial charge in [-0.1, -0.05) is 25.1 Å². The Hall–Kier alpha value is -2.00. The largest absolute Gasteiger partial charge is 0.329 e. The number of nitrogens with two attached hydrogens (primary N) is 1. The zero-order chi connectivity index (χ0) is 19.2. The number of rotatable bonds is 8. The lowest BCUT2D eigenvalue weighted by molar-refractivity contribution is -0.119. The summed E-state index contributed by atoms with van der Waals surface area (Å²) < 4.78 is 39.8. The molecule has 4 N–H and O–H groups in total. The van der Waals surface area contributed by atoms with E-state index in [-0.39, 0.29) is 42.1 Å². The summed E-state index contributed by atoms with van der Waals surface area (Å²) in [5.41, 5.74) is 6.40. The lowest BCUT2D eigenvalue weighted by Gasteiger charge is -2.13. The van der Waals surface area contributed by atoms with Crippen molar-refractivity contribution in [2.45, 2.75) is 18.2 Å². The molecule has 0 aliphatic rings. The third-order valence-electron chi connectivity index (χ3n) is 3.73. The summed E-state index contributed by atoms with van der Waals surface area (Å²) >= 11 is 0. The van der Waals surface area contributed by atoms with E-state index in [4.69, 9.17) is 5.73 Å². The number of hydrogen-bond donors (Lipinski definition) is 3. The van der Waals surface area contributed by atoms with E-state index in [0.29, 0.717) is 12.1 Å². The summed E-state index contributed by atoms with van der Waals surface area (Å²) in [6, 6.07) is 12.1. The van der Waals surface area contributed by atoms with Gasteiger partial charge < -0.3 is 11.1 Å². The molecule has 9 heteroatoms. The second-order valence-corrected chi connectivity index (χ2v) is 7.71. The minimum atomic E-state index is -3.68. The van der Waals surface area contributed by atoms with E-state index < -0.39 is 15.9 Å². The second kappa shape index (κ2) is 10.4. The van der Waals surface area contributed by atoms with Crippen molar-refractivity contribution in [2.24, 2.45) is 11.7 Å². The molecule has 1 atom stereocenters. The maximum Gasteiger partial charge on any atom is 0.240 e. The van der Waals surface area contributed by atoms with Crippen LogP contribution in [0, 0.1) is 11.7 Å². The van der Waals surface area contributed by atoms with E-state index in [2.05, 4.69) is 10.0 Å². The van der Waals surface area contributed by atoms with E-state index in [1.165, 1.54) is 24.3 Å². The molecule has 0 saturated carbocycles. The lowest BCUT2D eigenvalue weighted by Crippen LogP contribution is -2.29. The molecule has 0 aliphatic carbocycles. The van der Waals surface area contributed by atoms with Crippen molar-refractivity contribution in [3.63, 3.8) is 0 Å². The van der Waals surface area contributed by atoms with Gasteiger partial charge in [-0.3, -0.25) is 4.79 Å². The normalized spacial score (nSPS) is 12.1. The Morgan fingerprint density at radius 3 is 2.56 bits per heavy atom. The zero-order valence-electron chi connectivity index (χ0n) is 14.8. The Balaban J connectivity index is 0.00000364. The summed E-state index contributed by atoms with van der Waals surface area (Å²) in [7, 11) is -3.68. The second-order valence-electron chi connectivity index (χ2n) is 5.94. The SMILES string of the molecule is CC(Cc1cccc(F)c1)C(=O)Nc1cccc(S(=O)(=O)NCCN)c1.Cl. The fourth-order valence-corrected chi connectivity index (χ4v) is 3.49. The number of nitrogens with one attached hydrogen (secondary N) is 2. The van der Waals surface area contributed by atoms with Crippen molar-refractivity contribution in [1.82, 2.24) is 4.72 Å². The standard InChI is InChI=1S/C18H22FN3O3S.ClH/c1-13(10-14-4-2-5-15(19)11-14)18(23)22-16-6-3-7-17(12-16)26(24,25)21-9-8-20;/h2-7,11-13,21H,8-10,20H2,1H3,(H,22,23);1H. The van der Waals surface area contributed by atoms with Crippen molar-refractivity contribution in [2.75, 3.05) is 18.4 Å². The molecule has 6 nitrogen and oxygen atoms in total. The van der Waals surface area contributed by atoms with Crippen LogP contribution in [0.4, 0.5) is 10.1 Å². The first-order valence-electron chi connectivity index (χ1n) is 8.17. The first kappa shape index (κ1) is 23.0. The molecule has 1 amide bonds. The summed E-state index contributed by atoms with van der Waals surface area (Å²) in [6.07, 6.45) is 0.375. The van der Waals surface area contributed by atoms with Gasteiger partial charge in [0.15, 0.2) is 0 Å². The van der Waals surface area contributed by atoms with Crippen LogP contribution in [-0.4, -0.2) is 27.4 Å². The first-order chi connectivity index (χ1) is 12.3. The number of anilines is 1. The Morgan fingerprint density at radius 1 is 1.19 bits per heavy atom. The van der Waals surface area contributed by atoms with Gasteiger partial charge in [0.2, 0.25) is 15.9 Å². The van der Waals surface area contributed by atoms with Gasteiger partial charge in [0, 0.05) is 24.7 Å². The van der Waals surface area contributed by atoms with Gasteiger partial charge in [-0.2, -0.15) is 0 Å². The summed E-state index contributed by atoms with van der Waals surface area (Å²) in [6.45, 7) is 2.04. The smallest absolute Gasteiger partial charge is 0.240 e. The molecule has 0 saturated heterocycles. The van der Waals surface area contributed by atoms with Crippen LogP contribution in [0.25, 0.3) is 0 Å². The molecule has 0 bridgehead atoms. The number of halogens is 2. The highest BCUT2D eigenvalue weighted by molar-refractivity contribution is 7.89. The summed E-state index contributed by atoms with van der Waals surface area (Å²) in [5.74, 6) is -1.04. The Morgan fingerprint density at radius 2 is 1.89 bits per heavy atom. The average Bonchev–Trinajstić information content (AvgIpc) is 2.60. The fraction of sp³-hybridized carbons (Fsp3) is 0.278.